The lowest BCUT2D eigenvalue weighted by atomic mass is 10.2. The molecule has 0 heterocycles. The molecule has 0 amide bonds. The fourth-order valence-corrected chi connectivity index (χ4v) is 1.78. The molecule has 106 valence electrons. The van der Waals surface area contributed by atoms with E-state index in [0.29, 0.717) is 29.5 Å². The van der Waals surface area contributed by atoms with Crippen molar-refractivity contribution in [2.24, 2.45) is 0 Å². The van der Waals surface area contributed by atoms with Gasteiger partial charge in [0.2, 0.25) is 0 Å². The molecule has 4 nitrogen and oxygen atoms in total. The van der Waals surface area contributed by atoms with Crippen LogP contribution in [-0.2, 0) is 9.53 Å². The Hall–Kier alpha value is -1.42. The first-order valence-electron chi connectivity index (χ1n) is 6.39. The van der Waals surface area contributed by atoms with E-state index in [4.69, 9.17) is 21.1 Å². The topological polar surface area (TPSA) is 47.6 Å². The zero-order valence-corrected chi connectivity index (χ0v) is 12.3. The molecule has 0 spiro atoms. The summed E-state index contributed by atoms with van der Waals surface area (Å²) in [4.78, 5) is 11.6. The molecule has 5 heteroatoms. The lowest BCUT2D eigenvalue weighted by molar-refractivity contribution is -0.141. The Labute approximate surface area is 119 Å². The first-order valence-corrected chi connectivity index (χ1v) is 6.76. The van der Waals surface area contributed by atoms with Crippen molar-refractivity contribution in [3.8, 4) is 5.75 Å². The van der Waals surface area contributed by atoms with Gasteiger partial charge in [-0.05, 0) is 31.0 Å². The first kappa shape index (κ1) is 15.6. The highest BCUT2D eigenvalue weighted by Crippen LogP contribution is 2.29. The molecule has 0 radical (unpaired) electrons. The standard InChI is InChI=1S/C14H20ClNO3/c1-4-8-19-13-7-6-10(15)9-12(13)16-11(5-2)14(17)18-3/h6-7,9,11,16H,4-5,8H2,1-3H3. The number of esters is 1. The number of hydrogen-bond acceptors (Lipinski definition) is 4. The molecule has 0 fully saturated rings. The third kappa shape index (κ3) is 4.63. The van der Waals surface area contributed by atoms with Crippen LogP contribution in [0.4, 0.5) is 5.69 Å². The van der Waals surface area contributed by atoms with E-state index in [-0.39, 0.29) is 5.97 Å². The zero-order valence-electron chi connectivity index (χ0n) is 11.5. The maximum absolute atomic E-state index is 11.6. The molecule has 0 aliphatic carbocycles. The van der Waals surface area contributed by atoms with Gasteiger partial charge in [0.25, 0.3) is 0 Å². The molecule has 1 aromatic carbocycles. The van der Waals surface area contributed by atoms with Crippen LogP contribution in [0.25, 0.3) is 0 Å². The maximum atomic E-state index is 11.6. The van der Waals surface area contributed by atoms with Gasteiger partial charge in [0, 0.05) is 5.02 Å². The van der Waals surface area contributed by atoms with E-state index < -0.39 is 6.04 Å². The van der Waals surface area contributed by atoms with E-state index in [1.54, 1.807) is 18.2 Å². The van der Waals surface area contributed by atoms with Crippen molar-refractivity contribution in [1.82, 2.24) is 0 Å². The van der Waals surface area contributed by atoms with E-state index in [2.05, 4.69) is 5.32 Å². The highest BCUT2D eigenvalue weighted by atomic mass is 35.5. The van der Waals surface area contributed by atoms with Crippen molar-refractivity contribution in [3.05, 3.63) is 23.2 Å². The van der Waals surface area contributed by atoms with Crippen LogP contribution in [0, 0.1) is 0 Å². The number of halogens is 1. The number of ether oxygens (including phenoxy) is 2. The molecule has 0 aliphatic heterocycles. The summed E-state index contributed by atoms with van der Waals surface area (Å²) in [7, 11) is 1.37. The number of hydrogen-bond donors (Lipinski definition) is 1. The number of nitrogens with one attached hydrogen (secondary N) is 1. The van der Waals surface area contributed by atoms with Crippen LogP contribution in [0.1, 0.15) is 26.7 Å². The Balaban J connectivity index is 2.90. The molecule has 1 atom stereocenters. The third-order valence-corrected chi connectivity index (χ3v) is 2.86. The molecular formula is C14H20ClNO3. The fourth-order valence-electron chi connectivity index (χ4n) is 1.61. The van der Waals surface area contributed by atoms with Crippen molar-refractivity contribution in [1.29, 1.82) is 0 Å². The minimum Gasteiger partial charge on any atom is -0.491 e. The lowest BCUT2D eigenvalue weighted by Crippen LogP contribution is -2.30. The van der Waals surface area contributed by atoms with Crippen molar-refractivity contribution >= 4 is 23.3 Å². The first-order chi connectivity index (χ1) is 9.12. The number of carbonyl (C=O) groups is 1. The summed E-state index contributed by atoms with van der Waals surface area (Å²) in [6.45, 7) is 4.56. The molecule has 0 aromatic heterocycles. The van der Waals surface area contributed by atoms with Gasteiger partial charge >= 0.3 is 5.97 Å². The molecule has 1 aromatic rings. The monoisotopic (exact) mass is 285 g/mol. The molecule has 1 rings (SSSR count). The zero-order chi connectivity index (χ0) is 14.3. The summed E-state index contributed by atoms with van der Waals surface area (Å²) < 4.78 is 10.4. The molecule has 1 unspecified atom stereocenters. The van der Waals surface area contributed by atoms with Crippen LogP contribution in [0.15, 0.2) is 18.2 Å². The van der Waals surface area contributed by atoms with E-state index in [9.17, 15) is 4.79 Å². The van der Waals surface area contributed by atoms with Crippen LogP contribution in [0.2, 0.25) is 5.02 Å². The molecule has 0 saturated carbocycles. The summed E-state index contributed by atoms with van der Waals surface area (Å²) in [6.07, 6.45) is 1.53. The van der Waals surface area contributed by atoms with Gasteiger partial charge in [-0.25, -0.2) is 4.79 Å². The summed E-state index contributed by atoms with van der Waals surface area (Å²) in [5.41, 5.74) is 0.707. The van der Waals surface area contributed by atoms with E-state index >= 15 is 0 Å². The van der Waals surface area contributed by atoms with Crippen LogP contribution < -0.4 is 10.1 Å². The van der Waals surface area contributed by atoms with Gasteiger partial charge in [0.05, 0.1) is 19.4 Å². The molecule has 19 heavy (non-hydrogen) atoms. The van der Waals surface area contributed by atoms with Crippen LogP contribution in [-0.4, -0.2) is 25.7 Å². The molecule has 0 aliphatic rings. The number of anilines is 1. The number of benzene rings is 1. The van der Waals surface area contributed by atoms with Crippen LogP contribution >= 0.6 is 11.6 Å². The number of carbonyl (C=O) groups excluding carboxylic acids is 1. The highest BCUT2D eigenvalue weighted by Gasteiger charge is 2.18. The second-order valence-electron chi connectivity index (χ2n) is 4.12. The summed E-state index contributed by atoms with van der Waals surface area (Å²) >= 11 is 5.98. The third-order valence-electron chi connectivity index (χ3n) is 2.63. The van der Waals surface area contributed by atoms with E-state index in [1.807, 2.05) is 13.8 Å². The molecule has 0 saturated heterocycles. The van der Waals surface area contributed by atoms with Gasteiger partial charge in [-0.2, -0.15) is 0 Å². The Morgan fingerprint density at radius 3 is 2.74 bits per heavy atom. The highest BCUT2D eigenvalue weighted by molar-refractivity contribution is 6.30. The van der Waals surface area contributed by atoms with Gasteiger partial charge < -0.3 is 14.8 Å². The maximum Gasteiger partial charge on any atom is 0.328 e. The Morgan fingerprint density at radius 2 is 2.16 bits per heavy atom. The minimum absolute atomic E-state index is 0.302. The SMILES string of the molecule is CCCOc1ccc(Cl)cc1NC(CC)C(=O)OC. The predicted molar refractivity (Wildman–Crippen MR) is 77.0 cm³/mol. The molecule has 0 bridgehead atoms. The number of rotatable bonds is 7. The largest absolute Gasteiger partial charge is 0.491 e. The lowest BCUT2D eigenvalue weighted by Gasteiger charge is -2.18. The Kier molecular flexibility index (Phi) is 6.50. The van der Waals surface area contributed by atoms with Crippen molar-refractivity contribution in [3.63, 3.8) is 0 Å². The molecule has 1 N–H and O–H groups in total. The van der Waals surface area contributed by atoms with E-state index in [0.717, 1.165) is 6.42 Å². The van der Waals surface area contributed by atoms with Gasteiger partial charge in [0.1, 0.15) is 11.8 Å². The normalized spacial score (nSPS) is 11.8. The van der Waals surface area contributed by atoms with E-state index in [1.165, 1.54) is 7.11 Å². The van der Waals surface area contributed by atoms with Crippen molar-refractivity contribution in [2.45, 2.75) is 32.7 Å². The Bertz CT molecular complexity index is 423. The average molecular weight is 286 g/mol. The van der Waals surface area contributed by atoms with Crippen molar-refractivity contribution < 1.29 is 14.3 Å². The van der Waals surface area contributed by atoms with Crippen molar-refractivity contribution in [2.75, 3.05) is 19.0 Å². The summed E-state index contributed by atoms with van der Waals surface area (Å²) in [6, 6.07) is 4.90. The molecular weight excluding hydrogens is 266 g/mol. The second kappa shape index (κ2) is 7.89. The van der Waals surface area contributed by atoms with Gasteiger partial charge in [0.15, 0.2) is 0 Å². The minimum atomic E-state index is -0.410. The van der Waals surface area contributed by atoms with Crippen LogP contribution in [0.5, 0.6) is 5.75 Å². The number of methoxy groups -OCH3 is 1. The summed E-state index contributed by atoms with van der Waals surface area (Å²) in [5, 5.41) is 3.70. The Morgan fingerprint density at radius 1 is 1.42 bits per heavy atom. The summed E-state index contributed by atoms with van der Waals surface area (Å²) in [5.74, 6) is 0.387. The van der Waals surface area contributed by atoms with Crippen LogP contribution in [0.3, 0.4) is 0 Å². The van der Waals surface area contributed by atoms with Gasteiger partial charge in [-0.1, -0.05) is 25.4 Å². The predicted octanol–water partition coefficient (Wildman–Crippen LogP) is 3.49. The fraction of sp³-hybridized carbons (Fsp3) is 0.500. The quantitative estimate of drug-likeness (QED) is 0.779. The van der Waals surface area contributed by atoms with Gasteiger partial charge in [-0.3, -0.25) is 0 Å². The smallest absolute Gasteiger partial charge is 0.328 e. The second-order valence-corrected chi connectivity index (χ2v) is 4.55. The average Bonchev–Trinajstić information content (AvgIpc) is 2.43. The van der Waals surface area contributed by atoms with Gasteiger partial charge in [-0.15, -0.1) is 0 Å².